The summed E-state index contributed by atoms with van der Waals surface area (Å²) in [5.74, 6) is -0.269. The number of rotatable bonds is 4. The number of esters is 1. The Hall–Kier alpha value is -1.16. The van der Waals surface area contributed by atoms with Crippen LogP contribution in [0.5, 0.6) is 0 Å². The maximum Gasteiger partial charge on any atom is 0.338 e. The highest BCUT2D eigenvalue weighted by Gasteiger charge is 2.18. The third kappa shape index (κ3) is 2.45. The molecule has 0 radical (unpaired) electrons. The molecule has 4 heteroatoms. The van der Waals surface area contributed by atoms with Crippen molar-refractivity contribution in [1.29, 1.82) is 0 Å². The van der Waals surface area contributed by atoms with Gasteiger partial charge < -0.3 is 4.74 Å². The topological polar surface area (TPSA) is 43.4 Å². The second-order valence-corrected chi connectivity index (χ2v) is 4.15. The van der Waals surface area contributed by atoms with Gasteiger partial charge in [0, 0.05) is 11.8 Å². The fraction of sp³-hybridized carbons (Fsp3) is 0.455. The fourth-order valence-corrected chi connectivity index (χ4v) is 2.37. The molecule has 0 amide bonds. The van der Waals surface area contributed by atoms with Crippen LogP contribution in [-0.2, 0) is 4.74 Å². The number of carbonyl (C=O) groups is 2. The maximum absolute atomic E-state index is 11.6. The van der Waals surface area contributed by atoms with Crippen LogP contribution in [-0.4, -0.2) is 18.9 Å². The quantitative estimate of drug-likeness (QED) is 0.585. The minimum Gasteiger partial charge on any atom is -0.465 e. The molecule has 3 nitrogen and oxygen atoms in total. The summed E-state index contributed by atoms with van der Waals surface area (Å²) in [5, 5.41) is 1.68. The molecule has 1 aromatic heterocycles. The first-order valence-corrected chi connectivity index (χ1v) is 5.69. The first-order valence-electron chi connectivity index (χ1n) is 4.81. The van der Waals surface area contributed by atoms with E-state index in [-0.39, 0.29) is 11.8 Å². The highest BCUT2D eigenvalue weighted by molar-refractivity contribution is 7.12. The van der Waals surface area contributed by atoms with Gasteiger partial charge in [-0.1, -0.05) is 6.92 Å². The molecule has 0 saturated heterocycles. The molecule has 0 spiro atoms. The molecule has 0 N–H and O–H groups in total. The molecule has 0 unspecified atom stereocenters. The predicted molar refractivity (Wildman–Crippen MR) is 59.6 cm³/mol. The van der Waals surface area contributed by atoms with Gasteiger partial charge in [0.25, 0.3) is 0 Å². The van der Waals surface area contributed by atoms with Gasteiger partial charge in [-0.05, 0) is 18.9 Å². The van der Waals surface area contributed by atoms with Gasteiger partial charge in [-0.15, -0.1) is 11.3 Å². The number of thiophene rings is 1. The van der Waals surface area contributed by atoms with E-state index < -0.39 is 0 Å². The van der Waals surface area contributed by atoms with Crippen molar-refractivity contribution in [3.05, 3.63) is 21.4 Å². The summed E-state index contributed by atoms with van der Waals surface area (Å²) in [7, 11) is 1.34. The first kappa shape index (κ1) is 11.9. The van der Waals surface area contributed by atoms with Crippen LogP contribution in [0, 0.1) is 6.92 Å². The van der Waals surface area contributed by atoms with Crippen molar-refractivity contribution in [2.24, 2.45) is 0 Å². The van der Waals surface area contributed by atoms with Crippen molar-refractivity contribution in [2.75, 3.05) is 7.11 Å². The van der Waals surface area contributed by atoms with E-state index in [1.54, 1.807) is 12.3 Å². The lowest BCUT2D eigenvalue weighted by molar-refractivity contribution is 0.0600. The van der Waals surface area contributed by atoms with E-state index in [2.05, 4.69) is 4.74 Å². The van der Waals surface area contributed by atoms with E-state index in [1.807, 2.05) is 6.92 Å². The second-order valence-electron chi connectivity index (χ2n) is 3.27. The molecule has 0 aliphatic carbocycles. The van der Waals surface area contributed by atoms with Crippen LogP contribution in [0.3, 0.4) is 0 Å². The maximum atomic E-state index is 11.6. The number of Topliss-reactive ketones (excluding diaryl/α,β-unsaturated/α-hetero) is 1. The van der Waals surface area contributed by atoms with Crippen LogP contribution >= 0.6 is 11.3 Å². The van der Waals surface area contributed by atoms with Crippen molar-refractivity contribution in [3.63, 3.8) is 0 Å². The molecular formula is C11H14O3S. The lowest BCUT2D eigenvalue weighted by Crippen LogP contribution is -2.03. The smallest absolute Gasteiger partial charge is 0.338 e. The predicted octanol–water partition coefficient (Wildman–Crippen LogP) is 2.83. The average molecular weight is 226 g/mol. The minimum absolute atomic E-state index is 0.107. The van der Waals surface area contributed by atoms with Crippen molar-refractivity contribution in [1.82, 2.24) is 0 Å². The molecule has 0 aliphatic rings. The molecule has 0 aliphatic heterocycles. The largest absolute Gasteiger partial charge is 0.465 e. The molecule has 0 aromatic carbocycles. The normalized spacial score (nSPS) is 10.1. The summed E-state index contributed by atoms with van der Waals surface area (Å²) in [4.78, 5) is 23.6. The summed E-state index contributed by atoms with van der Waals surface area (Å²) < 4.78 is 4.63. The summed E-state index contributed by atoms with van der Waals surface area (Å²) >= 11 is 1.32. The second kappa shape index (κ2) is 5.07. The Morgan fingerprint density at radius 1 is 1.47 bits per heavy atom. The van der Waals surface area contributed by atoms with E-state index in [9.17, 15) is 9.59 Å². The molecule has 1 heterocycles. The van der Waals surface area contributed by atoms with Crippen molar-refractivity contribution in [2.45, 2.75) is 26.7 Å². The number of carbonyl (C=O) groups excluding carboxylic acids is 2. The number of methoxy groups -OCH3 is 1. The van der Waals surface area contributed by atoms with Gasteiger partial charge in [0.2, 0.25) is 0 Å². The van der Waals surface area contributed by atoms with Gasteiger partial charge >= 0.3 is 5.97 Å². The number of hydrogen-bond acceptors (Lipinski definition) is 4. The summed E-state index contributed by atoms with van der Waals surface area (Å²) in [6.07, 6.45) is 1.35. The van der Waals surface area contributed by atoms with Crippen LogP contribution in [0.25, 0.3) is 0 Å². The van der Waals surface area contributed by atoms with Crippen molar-refractivity contribution < 1.29 is 14.3 Å². The van der Waals surface area contributed by atoms with Gasteiger partial charge in [0.1, 0.15) is 0 Å². The molecule has 1 aromatic rings. The zero-order chi connectivity index (χ0) is 11.4. The van der Waals surface area contributed by atoms with Crippen LogP contribution in [0.15, 0.2) is 5.38 Å². The lowest BCUT2D eigenvalue weighted by Gasteiger charge is -1.99. The Morgan fingerprint density at radius 3 is 2.67 bits per heavy atom. The van der Waals surface area contributed by atoms with Crippen molar-refractivity contribution in [3.8, 4) is 0 Å². The molecule has 0 atom stereocenters. The van der Waals surface area contributed by atoms with Gasteiger partial charge in [0.05, 0.1) is 17.6 Å². The lowest BCUT2D eigenvalue weighted by atomic mass is 10.1. The van der Waals surface area contributed by atoms with Gasteiger partial charge in [-0.2, -0.15) is 0 Å². The molecule has 82 valence electrons. The van der Waals surface area contributed by atoms with E-state index in [4.69, 9.17) is 0 Å². The molecule has 0 saturated carbocycles. The Bertz CT molecular complexity index is 379. The van der Waals surface area contributed by atoms with E-state index in [0.717, 1.165) is 12.0 Å². The van der Waals surface area contributed by atoms with E-state index >= 15 is 0 Å². The highest BCUT2D eigenvalue weighted by Crippen LogP contribution is 2.24. The Kier molecular flexibility index (Phi) is 4.03. The standard InChI is InChI=1S/C11H14O3S/c1-4-5-9(12)10-7(2)8(6-15-10)11(13)14-3/h6H,4-5H2,1-3H3. The average Bonchev–Trinajstić information content (AvgIpc) is 2.59. The molecule has 0 fully saturated rings. The highest BCUT2D eigenvalue weighted by atomic mass is 32.1. The monoisotopic (exact) mass is 226 g/mol. The van der Waals surface area contributed by atoms with Gasteiger partial charge in [-0.25, -0.2) is 4.79 Å². The Balaban J connectivity index is 2.98. The fourth-order valence-electron chi connectivity index (χ4n) is 1.34. The molecule has 0 bridgehead atoms. The molecule has 1 rings (SSSR count). The number of ketones is 1. The summed E-state index contributed by atoms with van der Waals surface area (Å²) in [6.45, 7) is 3.74. The van der Waals surface area contributed by atoms with E-state index in [1.165, 1.54) is 18.4 Å². The number of hydrogen-bond donors (Lipinski definition) is 0. The third-order valence-electron chi connectivity index (χ3n) is 2.17. The van der Waals surface area contributed by atoms with Crippen molar-refractivity contribution >= 4 is 23.1 Å². The Labute approximate surface area is 93.1 Å². The van der Waals surface area contributed by atoms with Crippen LogP contribution < -0.4 is 0 Å². The van der Waals surface area contributed by atoms with Crippen LogP contribution in [0.2, 0.25) is 0 Å². The number of ether oxygens (including phenoxy) is 1. The van der Waals surface area contributed by atoms with Crippen LogP contribution in [0.4, 0.5) is 0 Å². The summed E-state index contributed by atoms with van der Waals surface area (Å²) in [5.41, 5.74) is 1.24. The van der Waals surface area contributed by atoms with E-state index in [0.29, 0.717) is 16.9 Å². The van der Waals surface area contributed by atoms with Gasteiger partial charge in [0.15, 0.2) is 5.78 Å². The first-order chi connectivity index (χ1) is 7.11. The molecular weight excluding hydrogens is 212 g/mol. The third-order valence-corrected chi connectivity index (χ3v) is 3.30. The van der Waals surface area contributed by atoms with Crippen LogP contribution in [0.1, 0.15) is 45.4 Å². The zero-order valence-electron chi connectivity index (χ0n) is 9.12. The zero-order valence-corrected chi connectivity index (χ0v) is 9.94. The molecule has 15 heavy (non-hydrogen) atoms. The van der Waals surface area contributed by atoms with Gasteiger partial charge in [-0.3, -0.25) is 4.79 Å². The summed E-state index contributed by atoms with van der Waals surface area (Å²) in [6, 6.07) is 0. The minimum atomic E-state index is -0.376. The Morgan fingerprint density at radius 2 is 2.13 bits per heavy atom. The SMILES string of the molecule is CCCC(=O)c1scc(C(=O)OC)c1C.